The van der Waals surface area contributed by atoms with Crippen molar-refractivity contribution in [2.24, 2.45) is 0 Å². The van der Waals surface area contributed by atoms with Crippen molar-refractivity contribution in [1.82, 2.24) is 19.5 Å². The van der Waals surface area contributed by atoms with Gasteiger partial charge in [-0.05, 0) is 30.3 Å². The molecule has 6 heteroatoms. The third kappa shape index (κ3) is 2.57. The Hall–Kier alpha value is -3.41. The van der Waals surface area contributed by atoms with Gasteiger partial charge in [0, 0.05) is 18.9 Å². The quantitative estimate of drug-likeness (QED) is 0.620. The zero-order valence-electron chi connectivity index (χ0n) is 14.0. The molecule has 0 spiro atoms. The summed E-state index contributed by atoms with van der Waals surface area (Å²) in [5, 5.41) is 3.15. The van der Waals surface area contributed by atoms with Crippen LogP contribution >= 0.6 is 0 Å². The van der Waals surface area contributed by atoms with Crippen molar-refractivity contribution in [3.63, 3.8) is 0 Å². The first-order valence-corrected chi connectivity index (χ1v) is 7.93. The molecular formula is C19H17N5O. The van der Waals surface area contributed by atoms with Crippen molar-refractivity contribution < 1.29 is 4.74 Å². The predicted molar refractivity (Wildman–Crippen MR) is 98.2 cm³/mol. The summed E-state index contributed by atoms with van der Waals surface area (Å²) in [6.45, 7) is 0. The molecule has 4 rings (SSSR count). The molecule has 0 saturated heterocycles. The largest absolute Gasteiger partial charge is 0.481 e. The number of fused-ring (bicyclic) bond motifs is 1. The SMILES string of the molecule is CNc1nc2cnc(-c3cccnc3OC)cc2n1-c1ccccc1. The Morgan fingerprint density at radius 3 is 2.64 bits per heavy atom. The summed E-state index contributed by atoms with van der Waals surface area (Å²) in [5.41, 5.74) is 4.45. The minimum Gasteiger partial charge on any atom is -0.481 e. The predicted octanol–water partition coefficient (Wildman–Crippen LogP) is 3.53. The number of methoxy groups -OCH3 is 1. The van der Waals surface area contributed by atoms with E-state index < -0.39 is 0 Å². The highest BCUT2D eigenvalue weighted by Gasteiger charge is 2.15. The lowest BCUT2D eigenvalue weighted by Gasteiger charge is -2.09. The first-order chi connectivity index (χ1) is 12.3. The normalized spacial score (nSPS) is 10.8. The van der Waals surface area contributed by atoms with Crippen molar-refractivity contribution in [3.8, 4) is 22.8 Å². The summed E-state index contributed by atoms with van der Waals surface area (Å²) >= 11 is 0. The molecule has 0 unspecified atom stereocenters. The number of pyridine rings is 2. The molecule has 25 heavy (non-hydrogen) atoms. The van der Waals surface area contributed by atoms with Gasteiger partial charge in [-0.1, -0.05) is 18.2 Å². The van der Waals surface area contributed by atoms with Gasteiger partial charge in [-0.15, -0.1) is 0 Å². The molecule has 124 valence electrons. The van der Waals surface area contributed by atoms with Crippen LogP contribution in [0, 0.1) is 0 Å². The highest BCUT2D eigenvalue weighted by Crippen LogP contribution is 2.30. The fraction of sp³-hybridized carbons (Fsp3) is 0.105. The Bertz CT molecular complexity index is 1030. The smallest absolute Gasteiger partial charge is 0.222 e. The number of hydrogen-bond donors (Lipinski definition) is 1. The molecule has 1 aromatic carbocycles. The van der Waals surface area contributed by atoms with Crippen LogP contribution in [0.15, 0.2) is 60.9 Å². The first-order valence-electron chi connectivity index (χ1n) is 7.93. The molecule has 3 aromatic heterocycles. The summed E-state index contributed by atoms with van der Waals surface area (Å²) < 4.78 is 7.44. The minimum absolute atomic E-state index is 0.550. The number of imidazole rings is 1. The number of para-hydroxylation sites is 1. The number of aromatic nitrogens is 4. The number of anilines is 1. The van der Waals surface area contributed by atoms with Gasteiger partial charge in [-0.3, -0.25) is 9.55 Å². The Labute approximate surface area is 145 Å². The van der Waals surface area contributed by atoms with Crippen LogP contribution in [0.25, 0.3) is 28.0 Å². The summed E-state index contributed by atoms with van der Waals surface area (Å²) in [7, 11) is 3.47. The molecule has 0 amide bonds. The van der Waals surface area contributed by atoms with Gasteiger partial charge >= 0.3 is 0 Å². The maximum absolute atomic E-state index is 5.37. The van der Waals surface area contributed by atoms with E-state index in [1.807, 2.05) is 55.6 Å². The van der Waals surface area contributed by atoms with Crippen molar-refractivity contribution >= 4 is 17.0 Å². The molecule has 0 aliphatic heterocycles. The van der Waals surface area contributed by atoms with Crippen LogP contribution in [0.1, 0.15) is 0 Å². The Morgan fingerprint density at radius 1 is 1.04 bits per heavy atom. The van der Waals surface area contributed by atoms with Crippen molar-refractivity contribution in [1.29, 1.82) is 0 Å². The number of hydrogen-bond acceptors (Lipinski definition) is 5. The molecule has 0 radical (unpaired) electrons. The molecular weight excluding hydrogens is 314 g/mol. The topological polar surface area (TPSA) is 64.9 Å². The molecule has 0 bridgehead atoms. The second kappa shape index (κ2) is 6.24. The van der Waals surface area contributed by atoms with Crippen LogP contribution in [-0.2, 0) is 0 Å². The highest BCUT2D eigenvalue weighted by atomic mass is 16.5. The Balaban J connectivity index is 1.96. The van der Waals surface area contributed by atoms with Crippen molar-refractivity contribution in [2.45, 2.75) is 0 Å². The van der Waals surface area contributed by atoms with Crippen LogP contribution in [0.3, 0.4) is 0 Å². The summed E-state index contributed by atoms with van der Waals surface area (Å²) in [6, 6.07) is 15.9. The van der Waals surface area contributed by atoms with E-state index in [1.165, 1.54) is 0 Å². The van der Waals surface area contributed by atoms with Crippen LogP contribution < -0.4 is 10.1 Å². The number of benzene rings is 1. The molecule has 0 aliphatic rings. The zero-order valence-corrected chi connectivity index (χ0v) is 14.0. The minimum atomic E-state index is 0.550. The van der Waals surface area contributed by atoms with E-state index in [0.717, 1.165) is 33.9 Å². The van der Waals surface area contributed by atoms with E-state index in [9.17, 15) is 0 Å². The van der Waals surface area contributed by atoms with E-state index in [-0.39, 0.29) is 0 Å². The highest BCUT2D eigenvalue weighted by molar-refractivity contribution is 5.84. The molecule has 0 fully saturated rings. The fourth-order valence-electron chi connectivity index (χ4n) is 2.88. The molecule has 0 saturated carbocycles. The maximum Gasteiger partial charge on any atom is 0.222 e. The van der Waals surface area contributed by atoms with Gasteiger partial charge in [0.25, 0.3) is 0 Å². The molecule has 0 atom stereocenters. The van der Waals surface area contributed by atoms with Crippen LogP contribution in [-0.4, -0.2) is 33.7 Å². The van der Waals surface area contributed by atoms with Gasteiger partial charge in [-0.25, -0.2) is 9.97 Å². The van der Waals surface area contributed by atoms with E-state index in [0.29, 0.717) is 5.88 Å². The zero-order chi connectivity index (χ0) is 17.2. The van der Waals surface area contributed by atoms with Gasteiger partial charge in [0.05, 0.1) is 30.1 Å². The van der Waals surface area contributed by atoms with E-state index >= 15 is 0 Å². The van der Waals surface area contributed by atoms with Gasteiger partial charge in [0.1, 0.15) is 5.52 Å². The molecule has 4 aromatic rings. The van der Waals surface area contributed by atoms with E-state index in [1.54, 1.807) is 19.5 Å². The number of nitrogens with zero attached hydrogens (tertiary/aromatic N) is 4. The van der Waals surface area contributed by atoms with Gasteiger partial charge in [0.15, 0.2) is 0 Å². The standard InChI is InChI=1S/C19H17N5O/c1-20-19-23-16-12-22-15(14-9-6-10-21-18(14)25-2)11-17(16)24(19)13-7-4-3-5-8-13/h3-12H,1-2H3,(H,20,23). The lowest BCUT2D eigenvalue weighted by Crippen LogP contribution is -2.01. The summed E-state index contributed by atoms with van der Waals surface area (Å²) in [5.74, 6) is 1.31. The van der Waals surface area contributed by atoms with Gasteiger partial charge in [0.2, 0.25) is 11.8 Å². The first kappa shape index (κ1) is 15.1. The monoisotopic (exact) mass is 331 g/mol. The molecule has 1 N–H and O–H groups in total. The van der Waals surface area contributed by atoms with Crippen molar-refractivity contribution in [3.05, 3.63) is 60.9 Å². The Kier molecular flexibility index (Phi) is 3.78. The Morgan fingerprint density at radius 2 is 1.88 bits per heavy atom. The van der Waals surface area contributed by atoms with Gasteiger partial charge in [-0.2, -0.15) is 0 Å². The van der Waals surface area contributed by atoms with E-state index in [2.05, 4.69) is 24.8 Å². The lowest BCUT2D eigenvalue weighted by atomic mass is 10.1. The third-order valence-electron chi connectivity index (χ3n) is 4.02. The fourth-order valence-corrected chi connectivity index (χ4v) is 2.88. The third-order valence-corrected chi connectivity index (χ3v) is 4.02. The number of ether oxygens (including phenoxy) is 1. The van der Waals surface area contributed by atoms with Gasteiger partial charge < -0.3 is 10.1 Å². The molecule has 0 aliphatic carbocycles. The second-order valence-electron chi connectivity index (χ2n) is 5.47. The number of nitrogens with one attached hydrogen (secondary N) is 1. The average Bonchev–Trinajstić information content (AvgIpc) is 3.06. The average molecular weight is 331 g/mol. The van der Waals surface area contributed by atoms with Crippen LogP contribution in [0.4, 0.5) is 5.95 Å². The second-order valence-corrected chi connectivity index (χ2v) is 5.47. The van der Waals surface area contributed by atoms with Crippen LogP contribution in [0.5, 0.6) is 5.88 Å². The van der Waals surface area contributed by atoms with Crippen LogP contribution in [0.2, 0.25) is 0 Å². The lowest BCUT2D eigenvalue weighted by molar-refractivity contribution is 0.399. The summed E-state index contributed by atoms with van der Waals surface area (Å²) in [6.07, 6.45) is 3.48. The molecule has 6 nitrogen and oxygen atoms in total. The number of rotatable bonds is 4. The summed E-state index contributed by atoms with van der Waals surface area (Å²) in [4.78, 5) is 13.4. The molecule has 3 heterocycles. The van der Waals surface area contributed by atoms with Crippen molar-refractivity contribution in [2.75, 3.05) is 19.5 Å². The van der Waals surface area contributed by atoms with E-state index in [4.69, 9.17) is 4.74 Å². The maximum atomic E-state index is 5.37.